The van der Waals surface area contributed by atoms with Crippen molar-refractivity contribution in [1.29, 1.82) is 0 Å². The quantitative estimate of drug-likeness (QED) is 0.578. The molecular weight excluding hydrogens is 276 g/mol. The van der Waals surface area contributed by atoms with E-state index in [0.717, 1.165) is 19.3 Å². The normalized spacial score (nSPS) is 24.2. The minimum Gasteiger partial charge on any atom is -0.399 e. The Labute approximate surface area is 120 Å². The molecule has 2 rings (SSSR count). The first-order chi connectivity index (χ1) is 9.46. The minimum atomic E-state index is -3.45. The highest BCUT2D eigenvalue weighted by atomic mass is 32.2. The van der Waals surface area contributed by atoms with Crippen LogP contribution in [0.25, 0.3) is 0 Å². The maximum absolute atomic E-state index is 12.2. The SMILES string of the molecule is Nc1ccc(CS(=O)(=O)NC2CCCCCC2O)cc1. The fourth-order valence-electron chi connectivity index (χ4n) is 2.53. The molecule has 0 saturated heterocycles. The van der Waals surface area contributed by atoms with Gasteiger partial charge in [0.25, 0.3) is 0 Å². The van der Waals surface area contributed by atoms with Crippen LogP contribution in [0.5, 0.6) is 0 Å². The van der Waals surface area contributed by atoms with Gasteiger partial charge in [-0.3, -0.25) is 0 Å². The van der Waals surface area contributed by atoms with E-state index in [2.05, 4.69) is 4.72 Å². The van der Waals surface area contributed by atoms with Crippen LogP contribution in [0.4, 0.5) is 5.69 Å². The molecule has 1 aromatic carbocycles. The van der Waals surface area contributed by atoms with E-state index in [-0.39, 0.29) is 11.8 Å². The summed E-state index contributed by atoms with van der Waals surface area (Å²) in [4.78, 5) is 0. The number of nitrogens with two attached hydrogens (primary N) is 1. The van der Waals surface area contributed by atoms with Gasteiger partial charge in [-0.1, -0.05) is 31.4 Å². The predicted molar refractivity (Wildman–Crippen MR) is 79.5 cm³/mol. The lowest BCUT2D eigenvalue weighted by Gasteiger charge is -2.21. The molecule has 0 aromatic heterocycles. The van der Waals surface area contributed by atoms with Gasteiger partial charge < -0.3 is 10.8 Å². The van der Waals surface area contributed by atoms with Crippen LogP contribution < -0.4 is 10.5 Å². The number of benzene rings is 1. The van der Waals surface area contributed by atoms with Gasteiger partial charge in [0, 0.05) is 11.7 Å². The second kappa shape index (κ2) is 6.56. The van der Waals surface area contributed by atoms with Crippen molar-refractivity contribution in [3.63, 3.8) is 0 Å². The second-order valence-corrected chi connectivity index (χ2v) is 7.18. The van der Waals surface area contributed by atoms with Gasteiger partial charge in [-0.15, -0.1) is 0 Å². The third kappa shape index (κ3) is 4.47. The lowest BCUT2D eigenvalue weighted by atomic mass is 10.1. The molecule has 2 unspecified atom stereocenters. The van der Waals surface area contributed by atoms with Crippen molar-refractivity contribution in [1.82, 2.24) is 4.72 Å². The van der Waals surface area contributed by atoms with Gasteiger partial charge in [0.15, 0.2) is 0 Å². The first-order valence-corrected chi connectivity index (χ1v) is 8.64. The highest BCUT2D eigenvalue weighted by molar-refractivity contribution is 7.88. The van der Waals surface area contributed by atoms with Gasteiger partial charge in [0.1, 0.15) is 0 Å². The van der Waals surface area contributed by atoms with E-state index < -0.39 is 16.1 Å². The summed E-state index contributed by atoms with van der Waals surface area (Å²) in [5.74, 6) is -0.0868. The third-order valence-electron chi connectivity index (χ3n) is 3.65. The maximum atomic E-state index is 12.2. The van der Waals surface area contributed by atoms with Crippen molar-refractivity contribution in [2.75, 3.05) is 5.73 Å². The summed E-state index contributed by atoms with van der Waals surface area (Å²) in [6, 6.07) is 6.42. The third-order valence-corrected chi connectivity index (χ3v) is 5.02. The molecule has 20 heavy (non-hydrogen) atoms. The molecule has 0 bridgehead atoms. The van der Waals surface area contributed by atoms with Crippen LogP contribution in [0.2, 0.25) is 0 Å². The highest BCUT2D eigenvalue weighted by Crippen LogP contribution is 2.19. The topological polar surface area (TPSA) is 92.4 Å². The number of aliphatic hydroxyl groups excluding tert-OH is 1. The van der Waals surface area contributed by atoms with E-state index in [1.54, 1.807) is 24.3 Å². The molecule has 0 radical (unpaired) electrons. The van der Waals surface area contributed by atoms with Crippen LogP contribution in [0.15, 0.2) is 24.3 Å². The van der Waals surface area contributed by atoms with Gasteiger partial charge in [-0.25, -0.2) is 13.1 Å². The summed E-state index contributed by atoms with van der Waals surface area (Å²) in [5.41, 5.74) is 6.88. The van der Waals surface area contributed by atoms with Gasteiger partial charge in [0.2, 0.25) is 10.0 Å². The van der Waals surface area contributed by atoms with Crippen LogP contribution in [0.3, 0.4) is 0 Å². The zero-order chi connectivity index (χ0) is 14.6. The Bertz CT molecular complexity index is 528. The van der Waals surface area contributed by atoms with Crippen LogP contribution in [-0.2, 0) is 15.8 Å². The Morgan fingerprint density at radius 1 is 1.15 bits per heavy atom. The van der Waals surface area contributed by atoms with E-state index in [1.165, 1.54) is 0 Å². The van der Waals surface area contributed by atoms with E-state index >= 15 is 0 Å². The molecule has 0 heterocycles. The zero-order valence-electron chi connectivity index (χ0n) is 11.5. The summed E-state index contributed by atoms with van der Waals surface area (Å²) in [7, 11) is -3.45. The molecular formula is C14H22N2O3S. The maximum Gasteiger partial charge on any atom is 0.216 e. The van der Waals surface area contributed by atoms with Gasteiger partial charge in [-0.05, 0) is 30.5 Å². The van der Waals surface area contributed by atoms with Crippen LogP contribution in [0, 0.1) is 0 Å². The molecule has 0 amide bonds. The van der Waals surface area contributed by atoms with Crippen molar-refractivity contribution >= 4 is 15.7 Å². The first-order valence-electron chi connectivity index (χ1n) is 6.99. The predicted octanol–water partition coefficient (Wildman–Crippen LogP) is 1.38. The van der Waals surface area contributed by atoms with Crippen molar-refractivity contribution in [2.24, 2.45) is 0 Å². The van der Waals surface area contributed by atoms with E-state index in [1.807, 2.05) is 0 Å². The first kappa shape index (κ1) is 15.3. The second-order valence-electron chi connectivity index (χ2n) is 5.43. The minimum absolute atomic E-state index is 0.0868. The Morgan fingerprint density at radius 2 is 1.80 bits per heavy atom. The van der Waals surface area contributed by atoms with Gasteiger partial charge >= 0.3 is 0 Å². The van der Waals surface area contributed by atoms with Crippen LogP contribution >= 0.6 is 0 Å². The summed E-state index contributed by atoms with van der Waals surface area (Å²) >= 11 is 0. The molecule has 2 atom stereocenters. The van der Waals surface area contributed by atoms with Crippen molar-refractivity contribution in [3.05, 3.63) is 29.8 Å². The fourth-order valence-corrected chi connectivity index (χ4v) is 3.98. The molecule has 1 aromatic rings. The van der Waals surface area contributed by atoms with Crippen LogP contribution in [0.1, 0.15) is 37.7 Å². The highest BCUT2D eigenvalue weighted by Gasteiger charge is 2.26. The molecule has 4 N–H and O–H groups in total. The Morgan fingerprint density at radius 3 is 2.50 bits per heavy atom. The number of aliphatic hydroxyl groups is 1. The summed E-state index contributed by atoms with van der Waals surface area (Å²) in [6.07, 6.45) is 3.73. The number of sulfonamides is 1. The fraction of sp³-hybridized carbons (Fsp3) is 0.571. The molecule has 1 aliphatic carbocycles. The summed E-state index contributed by atoms with van der Waals surface area (Å²) < 4.78 is 27.0. The molecule has 1 aliphatic rings. The zero-order valence-corrected chi connectivity index (χ0v) is 12.3. The van der Waals surface area contributed by atoms with Crippen molar-refractivity contribution in [3.8, 4) is 0 Å². The standard InChI is InChI=1S/C14H22N2O3S/c15-12-8-6-11(7-9-12)10-20(18,19)16-13-4-2-1-3-5-14(13)17/h6-9,13-14,16-17H,1-5,10,15H2. The molecule has 112 valence electrons. The average Bonchev–Trinajstić information content (AvgIpc) is 2.57. The number of rotatable bonds is 4. The summed E-state index contributed by atoms with van der Waals surface area (Å²) in [5, 5.41) is 9.97. The largest absolute Gasteiger partial charge is 0.399 e. The lowest BCUT2D eigenvalue weighted by molar-refractivity contribution is 0.130. The summed E-state index contributed by atoms with van der Waals surface area (Å²) in [6.45, 7) is 0. The van der Waals surface area contributed by atoms with Gasteiger partial charge in [0.05, 0.1) is 11.9 Å². The number of anilines is 1. The molecule has 6 heteroatoms. The van der Waals surface area contributed by atoms with Gasteiger partial charge in [-0.2, -0.15) is 0 Å². The monoisotopic (exact) mass is 298 g/mol. The van der Waals surface area contributed by atoms with Crippen molar-refractivity contribution in [2.45, 2.75) is 50.0 Å². The van der Waals surface area contributed by atoms with E-state index in [9.17, 15) is 13.5 Å². The smallest absolute Gasteiger partial charge is 0.216 e. The van der Waals surface area contributed by atoms with Crippen molar-refractivity contribution < 1.29 is 13.5 Å². The van der Waals surface area contributed by atoms with Crippen LogP contribution in [-0.4, -0.2) is 25.7 Å². The molecule has 5 nitrogen and oxygen atoms in total. The molecule has 1 saturated carbocycles. The molecule has 0 aliphatic heterocycles. The number of nitrogens with one attached hydrogen (secondary N) is 1. The number of nitrogen functional groups attached to an aromatic ring is 1. The lowest BCUT2D eigenvalue weighted by Crippen LogP contribution is -2.43. The number of hydrogen-bond donors (Lipinski definition) is 3. The Hall–Kier alpha value is -1.11. The van der Waals surface area contributed by atoms with E-state index in [4.69, 9.17) is 5.73 Å². The average molecular weight is 298 g/mol. The molecule has 0 spiro atoms. The number of hydrogen-bond acceptors (Lipinski definition) is 4. The molecule has 1 fully saturated rings. The van der Waals surface area contributed by atoms with E-state index in [0.29, 0.717) is 24.1 Å². The Kier molecular flexibility index (Phi) is 5.01. The Balaban J connectivity index is 2.01.